The first kappa shape index (κ1) is 20.5. The predicted octanol–water partition coefficient (Wildman–Crippen LogP) is 5.08. The lowest BCUT2D eigenvalue weighted by Crippen LogP contribution is -2.41. The summed E-state index contributed by atoms with van der Waals surface area (Å²) in [4.78, 5) is 11.4. The first-order chi connectivity index (χ1) is 11.4. The molecule has 2 rings (SSSR count). The van der Waals surface area contributed by atoms with Gasteiger partial charge in [-0.1, -0.05) is 29.4 Å². The molecule has 0 atom stereocenters. The molecule has 0 amide bonds. The zero-order chi connectivity index (χ0) is 19.0. The minimum Gasteiger partial charge on any atom is -0.400 e. The second kappa shape index (κ2) is 7.43. The van der Waals surface area contributed by atoms with Gasteiger partial charge in [-0.25, -0.2) is 4.39 Å². The van der Waals surface area contributed by atoms with Crippen LogP contribution in [-0.2, 0) is 14.1 Å². The molecule has 1 aromatic rings. The van der Waals surface area contributed by atoms with Crippen LogP contribution in [0.25, 0.3) is 6.08 Å². The summed E-state index contributed by atoms with van der Waals surface area (Å²) in [6.45, 7) is 11.0. The first-order valence-electron chi connectivity index (χ1n) is 8.08. The van der Waals surface area contributed by atoms with Crippen molar-refractivity contribution in [2.24, 2.45) is 0 Å². The molecule has 0 aromatic heterocycles. The lowest BCUT2D eigenvalue weighted by Gasteiger charge is -2.32. The Hall–Kier alpha value is -0.815. The highest BCUT2D eigenvalue weighted by Crippen LogP contribution is 2.39. The van der Waals surface area contributed by atoms with E-state index in [0.717, 1.165) is 11.8 Å². The summed E-state index contributed by atoms with van der Waals surface area (Å²) in [6, 6.07) is 2.98. The Balaban J connectivity index is 2.40. The highest BCUT2D eigenvalue weighted by Gasteiger charge is 2.52. The van der Waals surface area contributed by atoms with Gasteiger partial charge in [0.25, 0.3) is 0 Å². The van der Waals surface area contributed by atoms with E-state index in [1.807, 2.05) is 27.7 Å². The largest absolute Gasteiger partial charge is 0.491 e. The first-order valence-corrected chi connectivity index (χ1v) is 9.44. The second-order valence-corrected chi connectivity index (χ2v) is 8.77. The number of carbonyl (C=O) groups is 1. The number of thioether (sulfide) groups is 1. The second-order valence-electron chi connectivity index (χ2n) is 7.21. The molecule has 0 saturated carbocycles. The fourth-order valence-electron chi connectivity index (χ4n) is 2.33. The number of rotatable bonds is 4. The molecule has 1 aliphatic rings. The van der Waals surface area contributed by atoms with Gasteiger partial charge < -0.3 is 9.31 Å². The number of halogens is 2. The smallest absolute Gasteiger partial charge is 0.400 e. The van der Waals surface area contributed by atoms with Crippen LogP contribution in [0.5, 0.6) is 0 Å². The van der Waals surface area contributed by atoms with E-state index >= 15 is 0 Å². The number of hydrogen-bond acceptors (Lipinski definition) is 4. The average molecular weight is 385 g/mol. The van der Waals surface area contributed by atoms with Crippen molar-refractivity contribution >= 4 is 41.7 Å². The molecule has 1 heterocycles. The van der Waals surface area contributed by atoms with Crippen LogP contribution in [0, 0.1) is 12.7 Å². The van der Waals surface area contributed by atoms with Gasteiger partial charge in [-0.15, -0.1) is 0 Å². The van der Waals surface area contributed by atoms with Gasteiger partial charge in [0.2, 0.25) is 0 Å². The monoisotopic (exact) mass is 384 g/mol. The average Bonchev–Trinajstić information content (AvgIpc) is 2.68. The topological polar surface area (TPSA) is 35.5 Å². The van der Waals surface area contributed by atoms with Crippen molar-refractivity contribution in [2.45, 2.75) is 52.7 Å². The third-order valence-corrected chi connectivity index (χ3v) is 5.91. The third kappa shape index (κ3) is 4.67. The maximum Gasteiger partial charge on any atom is 0.491 e. The Morgan fingerprint density at radius 1 is 1.28 bits per heavy atom. The highest BCUT2D eigenvalue weighted by molar-refractivity contribution is 8.13. The minimum absolute atomic E-state index is 0.0233. The zero-order valence-corrected chi connectivity index (χ0v) is 17.0. The Morgan fingerprint density at radius 2 is 1.84 bits per heavy atom. The highest BCUT2D eigenvalue weighted by atomic mass is 35.5. The van der Waals surface area contributed by atoms with Crippen LogP contribution in [-0.4, -0.2) is 29.2 Å². The van der Waals surface area contributed by atoms with Gasteiger partial charge in [0.15, 0.2) is 5.12 Å². The molecule has 0 radical (unpaired) electrons. The van der Waals surface area contributed by atoms with Crippen molar-refractivity contribution in [3.05, 3.63) is 39.6 Å². The van der Waals surface area contributed by atoms with Crippen molar-refractivity contribution in [3.63, 3.8) is 0 Å². The van der Waals surface area contributed by atoms with Crippen molar-refractivity contribution in [1.29, 1.82) is 0 Å². The van der Waals surface area contributed by atoms with Crippen LogP contribution >= 0.6 is 23.4 Å². The summed E-state index contributed by atoms with van der Waals surface area (Å²) in [5.41, 5.74) is 0.691. The Labute approximate surface area is 158 Å². The maximum atomic E-state index is 14.3. The normalized spacial score (nSPS) is 19.4. The summed E-state index contributed by atoms with van der Waals surface area (Å²) >= 11 is 7.27. The Morgan fingerprint density at radius 3 is 2.36 bits per heavy atom. The van der Waals surface area contributed by atoms with Gasteiger partial charge in [-0.2, -0.15) is 0 Å². The maximum absolute atomic E-state index is 14.3. The SMILES string of the molecule is CC(=O)SCC(=Cc1cc(Cl)c(C)cc1F)B1OC(C)(C)C(C)(C)O1. The molecule has 1 aliphatic heterocycles. The van der Waals surface area contributed by atoms with Crippen molar-refractivity contribution in [2.75, 3.05) is 5.75 Å². The molecule has 0 spiro atoms. The summed E-state index contributed by atoms with van der Waals surface area (Å²) in [7, 11) is -0.642. The van der Waals surface area contributed by atoms with E-state index in [0.29, 0.717) is 27.4 Å². The molecule has 3 nitrogen and oxygen atoms in total. The summed E-state index contributed by atoms with van der Waals surface area (Å²) in [5.74, 6) is -0.0133. The van der Waals surface area contributed by atoms with Crippen molar-refractivity contribution in [1.82, 2.24) is 0 Å². The van der Waals surface area contributed by atoms with E-state index in [1.54, 1.807) is 19.1 Å². The molecule has 1 aromatic carbocycles. The number of benzene rings is 1. The Kier molecular flexibility index (Phi) is 6.09. The fourth-order valence-corrected chi connectivity index (χ4v) is 3.09. The van der Waals surface area contributed by atoms with Crippen LogP contribution in [0.3, 0.4) is 0 Å². The molecule has 0 N–H and O–H groups in total. The lowest BCUT2D eigenvalue weighted by atomic mass is 9.78. The summed E-state index contributed by atoms with van der Waals surface area (Å²) < 4.78 is 26.4. The number of aryl methyl sites for hydroxylation is 1. The molecular formula is C18H23BClFO3S. The van der Waals surface area contributed by atoms with Gasteiger partial charge in [0.05, 0.1) is 11.2 Å². The quantitative estimate of drug-likeness (QED) is 0.678. The number of hydrogen-bond donors (Lipinski definition) is 0. The van der Waals surface area contributed by atoms with Crippen LogP contribution in [0.4, 0.5) is 4.39 Å². The van der Waals surface area contributed by atoms with Crippen molar-refractivity contribution in [3.8, 4) is 0 Å². The minimum atomic E-state index is -0.642. The summed E-state index contributed by atoms with van der Waals surface area (Å²) in [6.07, 6.45) is 1.67. The molecule has 25 heavy (non-hydrogen) atoms. The van der Waals surface area contributed by atoms with E-state index in [4.69, 9.17) is 20.9 Å². The van der Waals surface area contributed by atoms with Gasteiger partial charge in [0.1, 0.15) is 5.82 Å². The van der Waals surface area contributed by atoms with Crippen LogP contribution in [0.1, 0.15) is 45.7 Å². The van der Waals surface area contributed by atoms with Gasteiger partial charge >= 0.3 is 7.12 Å². The van der Waals surface area contributed by atoms with E-state index < -0.39 is 18.3 Å². The van der Waals surface area contributed by atoms with Gasteiger partial charge in [-0.3, -0.25) is 4.79 Å². The van der Waals surface area contributed by atoms with Crippen LogP contribution in [0.2, 0.25) is 5.02 Å². The Bertz CT molecular complexity index is 703. The van der Waals surface area contributed by atoms with Crippen LogP contribution in [0.15, 0.2) is 17.6 Å². The van der Waals surface area contributed by atoms with E-state index in [-0.39, 0.29) is 10.9 Å². The standard InChI is InChI=1S/C18H23BClFO3S/c1-11-7-16(21)13(9-15(11)20)8-14(10-25-12(2)22)19-23-17(3,4)18(5,6)24-19/h7-9H,10H2,1-6H3. The zero-order valence-electron chi connectivity index (χ0n) is 15.4. The van der Waals surface area contributed by atoms with Crippen molar-refractivity contribution < 1.29 is 18.5 Å². The molecule has 1 saturated heterocycles. The molecule has 0 aliphatic carbocycles. The van der Waals surface area contributed by atoms with Gasteiger partial charge in [-0.05, 0) is 57.8 Å². The lowest BCUT2D eigenvalue weighted by molar-refractivity contribution is -0.109. The predicted molar refractivity (Wildman–Crippen MR) is 103 cm³/mol. The van der Waals surface area contributed by atoms with E-state index in [9.17, 15) is 9.18 Å². The third-order valence-electron chi connectivity index (χ3n) is 4.62. The fraction of sp³-hybridized carbons (Fsp3) is 0.500. The van der Waals surface area contributed by atoms with Gasteiger partial charge in [0, 0.05) is 23.3 Å². The molecule has 136 valence electrons. The molecular weight excluding hydrogens is 362 g/mol. The van der Waals surface area contributed by atoms with E-state index in [1.165, 1.54) is 13.0 Å². The molecule has 1 fully saturated rings. The molecule has 0 bridgehead atoms. The molecule has 0 unspecified atom stereocenters. The summed E-state index contributed by atoms with van der Waals surface area (Å²) in [5, 5.41) is 0.463. The van der Waals surface area contributed by atoms with Crippen LogP contribution < -0.4 is 0 Å². The molecule has 7 heteroatoms. The number of carbonyl (C=O) groups excluding carboxylic acids is 1. The van der Waals surface area contributed by atoms with E-state index in [2.05, 4.69) is 0 Å².